The second kappa shape index (κ2) is 6.80. The van der Waals surface area contributed by atoms with Crippen molar-refractivity contribution >= 4 is 11.5 Å². The summed E-state index contributed by atoms with van der Waals surface area (Å²) in [7, 11) is 0. The fraction of sp³-hybridized carbons (Fsp3) is 0.688. The molecule has 3 heterocycles. The normalized spacial score (nSPS) is 29.0. The standard InChI is InChI=1S/C16H24N4O3/c1-12-9-18(10-13(2)23-12)11-14-5-4-8-19(14)16-15(20(21)22)6-3-7-17-16/h3,6-7,12-14H,4-5,8-11H2,1-2H3/t12-,13+,14-/m0/s1. The van der Waals surface area contributed by atoms with Crippen molar-refractivity contribution in [3.63, 3.8) is 0 Å². The van der Waals surface area contributed by atoms with E-state index in [1.807, 2.05) is 0 Å². The first-order chi connectivity index (χ1) is 11.0. The summed E-state index contributed by atoms with van der Waals surface area (Å²) in [6.45, 7) is 7.76. The number of hydrogen-bond donors (Lipinski definition) is 0. The molecule has 7 nitrogen and oxygen atoms in total. The molecule has 0 amide bonds. The van der Waals surface area contributed by atoms with E-state index in [2.05, 4.69) is 28.6 Å². The fourth-order valence-electron chi connectivity index (χ4n) is 3.79. The molecule has 1 aromatic rings. The van der Waals surface area contributed by atoms with Gasteiger partial charge in [0, 0.05) is 44.5 Å². The summed E-state index contributed by atoms with van der Waals surface area (Å²) < 4.78 is 5.79. The third kappa shape index (κ3) is 3.61. The van der Waals surface area contributed by atoms with E-state index in [4.69, 9.17) is 4.74 Å². The minimum atomic E-state index is -0.337. The van der Waals surface area contributed by atoms with Crippen LogP contribution < -0.4 is 4.90 Å². The van der Waals surface area contributed by atoms with Gasteiger partial charge in [-0.25, -0.2) is 4.98 Å². The summed E-state index contributed by atoms with van der Waals surface area (Å²) in [6, 6.07) is 3.44. The zero-order chi connectivity index (χ0) is 16.4. The zero-order valence-electron chi connectivity index (χ0n) is 13.7. The van der Waals surface area contributed by atoms with Crippen molar-refractivity contribution in [3.05, 3.63) is 28.4 Å². The summed E-state index contributed by atoms with van der Waals surface area (Å²) in [5.41, 5.74) is 0.100. The molecule has 0 N–H and O–H groups in total. The van der Waals surface area contributed by atoms with Crippen LogP contribution in [-0.2, 0) is 4.74 Å². The molecule has 23 heavy (non-hydrogen) atoms. The molecule has 7 heteroatoms. The van der Waals surface area contributed by atoms with Crippen LogP contribution in [0.2, 0.25) is 0 Å². The number of hydrogen-bond acceptors (Lipinski definition) is 6. The van der Waals surface area contributed by atoms with Crippen molar-refractivity contribution in [3.8, 4) is 0 Å². The van der Waals surface area contributed by atoms with Crippen molar-refractivity contribution in [1.29, 1.82) is 0 Å². The Morgan fingerprint density at radius 1 is 1.39 bits per heavy atom. The predicted molar refractivity (Wildman–Crippen MR) is 87.7 cm³/mol. The molecule has 2 aliphatic heterocycles. The third-order valence-electron chi connectivity index (χ3n) is 4.58. The number of nitrogens with zero attached hydrogens (tertiary/aromatic N) is 4. The summed E-state index contributed by atoms with van der Waals surface area (Å²) >= 11 is 0. The maximum atomic E-state index is 11.3. The number of nitro groups is 1. The minimum Gasteiger partial charge on any atom is -0.373 e. The van der Waals surface area contributed by atoms with Gasteiger partial charge in [-0.15, -0.1) is 0 Å². The zero-order valence-corrected chi connectivity index (χ0v) is 13.7. The van der Waals surface area contributed by atoms with Crippen molar-refractivity contribution in [1.82, 2.24) is 9.88 Å². The highest BCUT2D eigenvalue weighted by Crippen LogP contribution is 2.31. The first-order valence-corrected chi connectivity index (χ1v) is 8.28. The second-order valence-electron chi connectivity index (χ2n) is 6.57. The van der Waals surface area contributed by atoms with Gasteiger partial charge in [0.1, 0.15) is 0 Å². The summed E-state index contributed by atoms with van der Waals surface area (Å²) in [6.07, 6.45) is 4.20. The molecule has 3 rings (SSSR count). The minimum absolute atomic E-state index is 0.100. The fourth-order valence-corrected chi connectivity index (χ4v) is 3.79. The van der Waals surface area contributed by atoms with Crippen molar-refractivity contribution < 1.29 is 9.66 Å². The van der Waals surface area contributed by atoms with Gasteiger partial charge in [0.15, 0.2) is 0 Å². The Kier molecular flexibility index (Phi) is 4.77. The van der Waals surface area contributed by atoms with Crippen LogP contribution >= 0.6 is 0 Å². The molecule has 0 spiro atoms. The van der Waals surface area contributed by atoms with E-state index in [-0.39, 0.29) is 28.9 Å². The number of pyridine rings is 1. The quantitative estimate of drug-likeness (QED) is 0.625. The van der Waals surface area contributed by atoms with Crippen molar-refractivity contribution in [2.24, 2.45) is 0 Å². The van der Waals surface area contributed by atoms with Gasteiger partial charge < -0.3 is 9.64 Å². The second-order valence-corrected chi connectivity index (χ2v) is 6.57. The molecule has 0 radical (unpaired) electrons. The molecular formula is C16H24N4O3. The molecule has 1 aromatic heterocycles. The molecule has 3 atom stereocenters. The SMILES string of the molecule is C[C@@H]1CN(C[C@@H]2CCCN2c2ncccc2[N+](=O)[O-])C[C@H](C)O1. The van der Waals surface area contributed by atoms with E-state index >= 15 is 0 Å². The topological polar surface area (TPSA) is 71.7 Å². The average Bonchev–Trinajstić information content (AvgIpc) is 2.94. The lowest BCUT2D eigenvalue weighted by atomic mass is 10.1. The number of ether oxygens (including phenoxy) is 1. The Morgan fingerprint density at radius 3 is 2.83 bits per heavy atom. The van der Waals surface area contributed by atoms with Crippen LogP contribution in [0.1, 0.15) is 26.7 Å². The molecule has 0 bridgehead atoms. The monoisotopic (exact) mass is 320 g/mol. The van der Waals surface area contributed by atoms with Crippen LogP contribution in [0.5, 0.6) is 0 Å². The Morgan fingerprint density at radius 2 is 2.13 bits per heavy atom. The molecule has 2 aliphatic rings. The van der Waals surface area contributed by atoms with Crippen molar-refractivity contribution in [2.75, 3.05) is 31.1 Å². The lowest BCUT2D eigenvalue weighted by molar-refractivity contribution is -0.384. The summed E-state index contributed by atoms with van der Waals surface area (Å²) in [4.78, 5) is 19.8. The van der Waals surface area contributed by atoms with Gasteiger partial charge in [-0.3, -0.25) is 15.0 Å². The molecule has 0 saturated carbocycles. The maximum absolute atomic E-state index is 11.3. The Bertz CT molecular complexity index is 558. The Balaban J connectivity index is 1.74. The summed E-state index contributed by atoms with van der Waals surface area (Å²) in [5.74, 6) is 0.509. The van der Waals surface area contributed by atoms with Gasteiger partial charge in [-0.2, -0.15) is 0 Å². The molecule has 0 unspecified atom stereocenters. The Hall–Kier alpha value is -1.73. The molecule has 126 valence electrons. The highest BCUT2D eigenvalue weighted by atomic mass is 16.6. The van der Waals surface area contributed by atoms with Gasteiger partial charge in [0.25, 0.3) is 0 Å². The van der Waals surface area contributed by atoms with Crippen LogP contribution in [0.4, 0.5) is 11.5 Å². The van der Waals surface area contributed by atoms with E-state index in [1.165, 1.54) is 6.07 Å². The van der Waals surface area contributed by atoms with Crippen LogP contribution in [0, 0.1) is 10.1 Å². The third-order valence-corrected chi connectivity index (χ3v) is 4.58. The van der Waals surface area contributed by atoms with Gasteiger partial charge in [0.2, 0.25) is 5.82 Å². The largest absolute Gasteiger partial charge is 0.373 e. The van der Waals surface area contributed by atoms with Gasteiger partial charge in [-0.1, -0.05) is 0 Å². The highest BCUT2D eigenvalue weighted by molar-refractivity contribution is 5.58. The highest BCUT2D eigenvalue weighted by Gasteiger charge is 2.33. The molecule has 2 saturated heterocycles. The predicted octanol–water partition coefficient (Wildman–Crippen LogP) is 2.07. The molecular weight excluding hydrogens is 296 g/mol. The van der Waals surface area contributed by atoms with Gasteiger partial charge in [0.05, 0.1) is 17.1 Å². The average molecular weight is 320 g/mol. The van der Waals surface area contributed by atoms with E-state index < -0.39 is 0 Å². The first kappa shape index (κ1) is 16.1. The number of aromatic nitrogens is 1. The van der Waals surface area contributed by atoms with Crippen LogP contribution in [-0.4, -0.2) is 59.2 Å². The number of anilines is 1. The lowest BCUT2D eigenvalue weighted by Crippen LogP contribution is -2.50. The van der Waals surface area contributed by atoms with Crippen LogP contribution in [0.15, 0.2) is 18.3 Å². The van der Waals surface area contributed by atoms with Crippen LogP contribution in [0.25, 0.3) is 0 Å². The van der Waals surface area contributed by atoms with E-state index in [0.29, 0.717) is 5.82 Å². The van der Waals surface area contributed by atoms with Crippen molar-refractivity contribution in [2.45, 2.75) is 44.9 Å². The van der Waals surface area contributed by atoms with E-state index in [1.54, 1.807) is 12.3 Å². The smallest absolute Gasteiger partial charge is 0.311 e. The molecule has 2 fully saturated rings. The summed E-state index contributed by atoms with van der Waals surface area (Å²) in [5, 5.41) is 11.3. The number of morpholine rings is 1. The number of rotatable bonds is 4. The van der Waals surface area contributed by atoms with Gasteiger partial charge >= 0.3 is 5.69 Å². The van der Waals surface area contributed by atoms with Gasteiger partial charge in [-0.05, 0) is 32.8 Å². The molecule has 0 aromatic carbocycles. The van der Waals surface area contributed by atoms with E-state index in [0.717, 1.165) is 39.0 Å². The molecule has 0 aliphatic carbocycles. The first-order valence-electron chi connectivity index (χ1n) is 8.28. The van der Waals surface area contributed by atoms with Crippen LogP contribution in [0.3, 0.4) is 0 Å². The maximum Gasteiger partial charge on any atom is 0.311 e. The van der Waals surface area contributed by atoms with E-state index in [9.17, 15) is 10.1 Å². The Labute approximate surface area is 136 Å². The lowest BCUT2D eigenvalue weighted by Gasteiger charge is -2.38.